The molecule has 2 aromatic rings. The molecule has 0 bridgehead atoms. The average molecular weight is 340 g/mol. The molecule has 0 saturated heterocycles. The third-order valence-electron chi connectivity index (χ3n) is 3.95. The van der Waals surface area contributed by atoms with Crippen LogP contribution in [0.1, 0.15) is 11.1 Å². The van der Waals surface area contributed by atoms with Crippen LogP contribution in [0.5, 0.6) is 0 Å². The van der Waals surface area contributed by atoms with Crippen molar-refractivity contribution in [2.45, 2.75) is 13.8 Å². The zero-order chi connectivity index (χ0) is 18.4. The molecule has 0 aromatic heterocycles. The van der Waals surface area contributed by atoms with Crippen LogP contribution in [0.25, 0.3) is 0 Å². The van der Waals surface area contributed by atoms with E-state index in [-0.39, 0.29) is 29.4 Å². The highest BCUT2D eigenvalue weighted by Crippen LogP contribution is 2.19. The Morgan fingerprint density at radius 1 is 0.800 bits per heavy atom. The van der Waals surface area contributed by atoms with Crippen LogP contribution in [0.15, 0.2) is 48.5 Å². The predicted molar refractivity (Wildman–Crippen MR) is 101 cm³/mol. The zero-order valence-electron chi connectivity index (χ0n) is 15.3. The number of anilines is 2. The minimum Gasteiger partial charge on any atom is -0.321 e. The van der Waals surface area contributed by atoms with E-state index in [2.05, 4.69) is 10.6 Å². The Morgan fingerprint density at radius 3 is 1.88 bits per heavy atom. The molecule has 0 atom stereocenters. The van der Waals surface area contributed by atoms with Crippen molar-refractivity contribution >= 4 is 23.2 Å². The molecule has 2 N–H and O–H groups in total. The van der Waals surface area contributed by atoms with Crippen molar-refractivity contribution in [2.24, 2.45) is 0 Å². The maximum atomic E-state index is 12.4. The number of likely N-dealkylation sites (N-methyl/N-ethyl adjacent to an activating group) is 1. The molecule has 0 aliphatic carbocycles. The van der Waals surface area contributed by atoms with Crippen molar-refractivity contribution in [1.29, 1.82) is 0 Å². The van der Waals surface area contributed by atoms with Crippen LogP contribution in [0.3, 0.4) is 0 Å². The standard InChI is InChI=1S/C20H25N3O2/c1-15-9-8-10-16(2)20(15)22-19(25)14-23(3,4)13-18(24)21-17-11-6-5-7-12-17/h5-12H,13-14H2,1-4H3,(H-,21,22,24,25)/p+1. The Balaban J connectivity index is 1.93. The molecule has 5 nitrogen and oxygen atoms in total. The molecule has 5 heteroatoms. The van der Waals surface area contributed by atoms with E-state index >= 15 is 0 Å². The Kier molecular flexibility index (Phi) is 5.93. The largest absolute Gasteiger partial charge is 0.321 e. The summed E-state index contributed by atoms with van der Waals surface area (Å²) in [7, 11) is 3.74. The van der Waals surface area contributed by atoms with Gasteiger partial charge in [-0.15, -0.1) is 0 Å². The van der Waals surface area contributed by atoms with Crippen LogP contribution in [0.4, 0.5) is 11.4 Å². The van der Waals surface area contributed by atoms with Gasteiger partial charge < -0.3 is 15.1 Å². The molecule has 0 aliphatic heterocycles. The van der Waals surface area contributed by atoms with E-state index in [1.165, 1.54) is 0 Å². The fourth-order valence-electron chi connectivity index (χ4n) is 2.75. The Hall–Kier alpha value is -2.66. The van der Waals surface area contributed by atoms with Crippen molar-refractivity contribution < 1.29 is 14.1 Å². The molecule has 2 aromatic carbocycles. The van der Waals surface area contributed by atoms with E-state index in [0.29, 0.717) is 0 Å². The van der Waals surface area contributed by atoms with Crippen molar-refractivity contribution in [3.8, 4) is 0 Å². The van der Waals surface area contributed by atoms with Gasteiger partial charge in [0, 0.05) is 11.4 Å². The summed E-state index contributed by atoms with van der Waals surface area (Å²) in [6.07, 6.45) is 0. The summed E-state index contributed by atoms with van der Waals surface area (Å²) in [4.78, 5) is 24.6. The summed E-state index contributed by atoms with van der Waals surface area (Å²) in [6, 6.07) is 15.2. The van der Waals surface area contributed by atoms with Crippen LogP contribution >= 0.6 is 0 Å². The predicted octanol–water partition coefficient (Wildman–Crippen LogP) is 2.96. The lowest BCUT2D eigenvalue weighted by molar-refractivity contribution is -0.874. The summed E-state index contributed by atoms with van der Waals surface area (Å²) in [6.45, 7) is 4.37. The summed E-state index contributed by atoms with van der Waals surface area (Å²) in [5, 5.41) is 5.82. The second kappa shape index (κ2) is 7.94. The van der Waals surface area contributed by atoms with Gasteiger partial charge in [-0.05, 0) is 37.1 Å². The average Bonchev–Trinajstić information content (AvgIpc) is 2.50. The zero-order valence-corrected chi connectivity index (χ0v) is 15.3. The van der Waals surface area contributed by atoms with Crippen LogP contribution in [-0.2, 0) is 9.59 Å². The Bertz CT molecular complexity index is 735. The minimum absolute atomic E-state index is 0.102. The molecular formula is C20H26N3O2+. The number of carbonyl (C=O) groups is 2. The fraction of sp³-hybridized carbons (Fsp3) is 0.300. The van der Waals surface area contributed by atoms with E-state index in [1.807, 2.05) is 76.5 Å². The second-order valence-corrected chi connectivity index (χ2v) is 6.98. The highest BCUT2D eigenvalue weighted by atomic mass is 16.2. The molecule has 0 saturated carbocycles. The van der Waals surface area contributed by atoms with E-state index in [1.54, 1.807) is 0 Å². The van der Waals surface area contributed by atoms with Gasteiger partial charge in [0.2, 0.25) is 0 Å². The van der Waals surface area contributed by atoms with Crippen molar-refractivity contribution in [2.75, 3.05) is 37.8 Å². The number of aryl methyl sites for hydroxylation is 2. The topological polar surface area (TPSA) is 58.2 Å². The number of hydrogen-bond acceptors (Lipinski definition) is 2. The Morgan fingerprint density at radius 2 is 1.32 bits per heavy atom. The first-order chi connectivity index (χ1) is 11.8. The first-order valence-corrected chi connectivity index (χ1v) is 8.30. The fourth-order valence-corrected chi connectivity index (χ4v) is 2.75. The number of hydrogen-bond donors (Lipinski definition) is 2. The number of benzene rings is 2. The van der Waals surface area contributed by atoms with Crippen LogP contribution in [0.2, 0.25) is 0 Å². The third kappa shape index (κ3) is 5.72. The molecule has 2 amide bonds. The quantitative estimate of drug-likeness (QED) is 0.794. The van der Waals surface area contributed by atoms with E-state index < -0.39 is 0 Å². The second-order valence-electron chi connectivity index (χ2n) is 6.98. The third-order valence-corrected chi connectivity index (χ3v) is 3.95. The number of nitrogens with one attached hydrogen (secondary N) is 2. The highest BCUT2D eigenvalue weighted by Gasteiger charge is 2.24. The van der Waals surface area contributed by atoms with Crippen molar-refractivity contribution in [1.82, 2.24) is 0 Å². The van der Waals surface area contributed by atoms with Gasteiger partial charge in [-0.25, -0.2) is 0 Å². The maximum Gasteiger partial charge on any atom is 0.279 e. The number of nitrogens with zero attached hydrogens (tertiary/aromatic N) is 1. The van der Waals surface area contributed by atoms with Gasteiger partial charge in [-0.1, -0.05) is 36.4 Å². The number of rotatable bonds is 6. The molecule has 0 spiro atoms. The van der Waals surface area contributed by atoms with Gasteiger partial charge in [0.15, 0.2) is 13.1 Å². The molecule has 0 unspecified atom stereocenters. The number of quaternary nitrogens is 1. The Labute approximate surface area is 149 Å². The lowest BCUT2D eigenvalue weighted by atomic mass is 10.1. The van der Waals surface area contributed by atoms with E-state index in [0.717, 1.165) is 22.5 Å². The van der Waals surface area contributed by atoms with Crippen LogP contribution in [0, 0.1) is 13.8 Å². The lowest BCUT2D eigenvalue weighted by Crippen LogP contribution is -2.49. The first-order valence-electron chi connectivity index (χ1n) is 8.30. The van der Waals surface area contributed by atoms with E-state index in [4.69, 9.17) is 0 Å². The van der Waals surface area contributed by atoms with Crippen LogP contribution in [-0.4, -0.2) is 43.5 Å². The number of carbonyl (C=O) groups excluding carboxylic acids is 2. The van der Waals surface area contributed by atoms with E-state index in [9.17, 15) is 9.59 Å². The highest BCUT2D eigenvalue weighted by molar-refractivity contribution is 5.94. The molecule has 0 radical (unpaired) electrons. The van der Waals surface area contributed by atoms with Gasteiger partial charge in [-0.2, -0.15) is 0 Å². The number of amides is 2. The monoisotopic (exact) mass is 340 g/mol. The van der Waals surface area contributed by atoms with Gasteiger partial charge >= 0.3 is 0 Å². The molecule has 2 rings (SSSR count). The molecule has 0 fully saturated rings. The maximum absolute atomic E-state index is 12.4. The SMILES string of the molecule is Cc1cccc(C)c1NC(=O)C[N+](C)(C)CC(=O)Nc1ccccc1. The van der Waals surface area contributed by atoms with Gasteiger partial charge in [0.25, 0.3) is 11.8 Å². The summed E-state index contributed by atoms with van der Waals surface area (Å²) in [5.74, 6) is -0.217. The number of para-hydroxylation sites is 2. The molecule has 0 aliphatic rings. The van der Waals surface area contributed by atoms with Crippen molar-refractivity contribution in [3.05, 3.63) is 59.7 Å². The molecule has 25 heavy (non-hydrogen) atoms. The van der Waals surface area contributed by atoms with Crippen LogP contribution < -0.4 is 10.6 Å². The van der Waals surface area contributed by atoms with Gasteiger partial charge in [0.05, 0.1) is 14.1 Å². The summed E-state index contributed by atoms with van der Waals surface area (Å²) in [5.41, 5.74) is 3.66. The van der Waals surface area contributed by atoms with Gasteiger partial charge in [0.1, 0.15) is 0 Å². The summed E-state index contributed by atoms with van der Waals surface area (Å²) >= 11 is 0. The molecule has 0 heterocycles. The van der Waals surface area contributed by atoms with Crippen molar-refractivity contribution in [3.63, 3.8) is 0 Å². The smallest absolute Gasteiger partial charge is 0.279 e. The lowest BCUT2D eigenvalue weighted by Gasteiger charge is -2.28. The minimum atomic E-state index is -0.115. The molecule has 132 valence electrons. The van der Waals surface area contributed by atoms with Gasteiger partial charge in [-0.3, -0.25) is 9.59 Å². The molecular weight excluding hydrogens is 314 g/mol. The normalized spacial score (nSPS) is 11.0. The summed E-state index contributed by atoms with van der Waals surface area (Å²) < 4.78 is 0.273. The first kappa shape index (κ1) is 18.7.